The van der Waals surface area contributed by atoms with E-state index in [-0.39, 0.29) is 5.43 Å². The van der Waals surface area contributed by atoms with E-state index in [9.17, 15) is 4.79 Å². The van der Waals surface area contributed by atoms with E-state index in [1.807, 2.05) is 30.3 Å². The maximum Gasteiger partial charge on any atom is 0.202 e. The number of para-hydroxylation sites is 1. The lowest BCUT2D eigenvalue weighted by molar-refractivity contribution is 0.218. The quantitative estimate of drug-likeness (QED) is 0.474. The molecule has 0 atom stereocenters. The fourth-order valence-electron chi connectivity index (χ4n) is 4.06. The third kappa shape index (κ3) is 3.32. The summed E-state index contributed by atoms with van der Waals surface area (Å²) in [5.41, 5.74) is 2.91. The lowest BCUT2D eigenvalue weighted by atomic mass is 10.1. The number of aromatic nitrogens is 1. The van der Waals surface area contributed by atoms with E-state index in [1.54, 1.807) is 19.4 Å². The molecule has 0 aliphatic carbocycles. The molecule has 4 aromatic rings. The molecule has 0 radical (unpaired) electrons. The van der Waals surface area contributed by atoms with E-state index < -0.39 is 0 Å². The van der Waals surface area contributed by atoms with Crippen molar-refractivity contribution in [2.75, 3.05) is 20.2 Å². The molecular formula is C23H22N2O3S. The van der Waals surface area contributed by atoms with Gasteiger partial charge < -0.3 is 9.15 Å². The van der Waals surface area contributed by atoms with Crippen LogP contribution in [0.5, 0.6) is 5.75 Å². The van der Waals surface area contributed by atoms with Gasteiger partial charge in [-0.2, -0.15) is 0 Å². The number of hydrogen-bond acceptors (Lipinski definition) is 6. The van der Waals surface area contributed by atoms with Crippen molar-refractivity contribution in [1.29, 1.82) is 0 Å². The number of piperidine rings is 1. The number of likely N-dealkylation sites (tertiary alicyclic amines) is 1. The van der Waals surface area contributed by atoms with Crippen molar-refractivity contribution < 1.29 is 9.15 Å². The van der Waals surface area contributed by atoms with E-state index in [4.69, 9.17) is 9.15 Å². The van der Waals surface area contributed by atoms with Crippen molar-refractivity contribution in [3.63, 3.8) is 0 Å². The zero-order valence-electron chi connectivity index (χ0n) is 16.3. The highest BCUT2D eigenvalue weighted by Gasteiger charge is 2.20. The molecule has 1 aliphatic rings. The summed E-state index contributed by atoms with van der Waals surface area (Å²) >= 11 is 1.51. The number of thiazole rings is 1. The second-order valence-corrected chi connectivity index (χ2v) is 8.46. The fourth-order valence-corrected chi connectivity index (χ4v) is 5.02. The molecule has 1 aliphatic heterocycles. The number of methoxy groups -OCH3 is 1. The van der Waals surface area contributed by atoms with Gasteiger partial charge in [-0.3, -0.25) is 9.69 Å². The van der Waals surface area contributed by atoms with Crippen molar-refractivity contribution in [1.82, 2.24) is 9.88 Å². The van der Waals surface area contributed by atoms with Crippen molar-refractivity contribution in [3.8, 4) is 16.3 Å². The average molecular weight is 407 g/mol. The first-order valence-electron chi connectivity index (χ1n) is 9.94. The minimum absolute atomic E-state index is 0.0483. The third-order valence-electron chi connectivity index (χ3n) is 5.58. The summed E-state index contributed by atoms with van der Waals surface area (Å²) in [6.45, 7) is 2.85. The van der Waals surface area contributed by atoms with E-state index in [1.165, 1.54) is 30.6 Å². The SMILES string of the molecule is COc1ccc2c(=O)c(-c3nc4ccccc4s3)coc2c1CN1CCCCC1. The van der Waals surface area contributed by atoms with Crippen LogP contribution in [0.2, 0.25) is 0 Å². The molecule has 0 saturated carbocycles. The first-order valence-corrected chi connectivity index (χ1v) is 10.8. The molecule has 0 N–H and O–H groups in total. The first kappa shape index (κ1) is 18.3. The maximum atomic E-state index is 13.3. The van der Waals surface area contributed by atoms with Crippen LogP contribution in [-0.4, -0.2) is 30.1 Å². The Bertz CT molecular complexity index is 1210. The zero-order valence-corrected chi connectivity index (χ0v) is 17.1. The van der Waals surface area contributed by atoms with E-state index >= 15 is 0 Å². The lowest BCUT2D eigenvalue weighted by Crippen LogP contribution is -2.29. The van der Waals surface area contributed by atoms with Crippen molar-refractivity contribution in [2.45, 2.75) is 25.8 Å². The van der Waals surface area contributed by atoms with Crippen molar-refractivity contribution in [3.05, 3.63) is 58.4 Å². The van der Waals surface area contributed by atoms with Gasteiger partial charge in [-0.1, -0.05) is 18.6 Å². The Morgan fingerprint density at radius 3 is 2.76 bits per heavy atom. The fraction of sp³-hybridized carbons (Fsp3) is 0.304. The Labute approximate surface area is 172 Å². The molecule has 148 valence electrons. The average Bonchev–Trinajstić information content (AvgIpc) is 3.19. The highest BCUT2D eigenvalue weighted by molar-refractivity contribution is 7.21. The summed E-state index contributed by atoms with van der Waals surface area (Å²) in [5.74, 6) is 0.763. The minimum Gasteiger partial charge on any atom is -0.496 e. The van der Waals surface area contributed by atoms with Crippen LogP contribution in [0.1, 0.15) is 24.8 Å². The van der Waals surface area contributed by atoms with Gasteiger partial charge >= 0.3 is 0 Å². The molecule has 0 unspecified atom stereocenters. The second-order valence-electron chi connectivity index (χ2n) is 7.43. The van der Waals surface area contributed by atoms with E-state index in [2.05, 4.69) is 9.88 Å². The van der Waals surface area contributed by atoms with Crippen LogP contribution in [0.4, 0.5) is 0 Å². The second kappa shape index (κ2) is 7.61. The standard InChI is InChI=1S/C23H22N2O3S/c1-27-19-10-9-15-21(26)17(23-24-18-7-3-4-8-20(18)29-23)14-28-22(15)16(19)13-25-11-5-2-6-12-25/h3-4,7-10,14H,2,5-6,11-13H2,1H3. The summed E-state index contributed by atoms with van der Waals surface area (Å²) in [4.78, 5) is 20.3. The Balaban J connectivity index is 1.62. The molecule has 6 heteroatoms. The predicted molar refractivity (Wildman–Crippen MR) is 117 cm³/mol. The van der Waals surface area contributed by atoms with Gasteiger partial charge in [-0.15, -0.1) is 11.3 Å². The highest BCUT2D eigenvalue weighted by Crippen LogP contribution is 2.33. The van der Waals surface area contributed by atoms with E-state index in [0.29, 0.717) is 21.5 Å². The zero-order chi connectivity index (χ0) is 19.8. The molecule has 1 fully saturated rings. The van der Waals surface area contributed by atoms with Crippen LogP contribution in [0.15, 0.2) is 51.9 Å². The molecule has 5 nitrogen and oxygen atoms in total. The van der Waals surface area contributed by atoms with E-state index in [0.717, 1.165) is 41.2 Å². The topological polar surface area (TPSA) is 55.6 Å². The summed E-state index contributed by atoms with van der Waals surface area (Å²) in [5, 5.41) is 1.27. The number of fused-ring (bicyclic) bond motifs is 2. The van der Waals surface area contributed by atoms with Gasteiger partial charge in [0.25, 0.3) is 0 Å². The van der Waals surface area contributed by atoms with Gasteiger partial charge in [0.15, 0.2) is 0 Å². The Kier molecular flexibility index (Phi) is 4.81. The first-order chi connectivity index (χ1) is 14.2. The molecular weight excluding hydrogens is 384 g/mol. The molecule has 1 saturated heterocycles. The van der Waals surface area contributed by atoms with Gasteiger partial charge in [-0.05, 0) is 50.2 Å². The van der Waals surface area contributed by atoms with Crippen LogP contribution < -0.4 is 10.2 Å². The number of rotatable bonds is 4. The van der Waals surface area contributed by atoms with Gasteiger partial charge in [0.2, 0.25) is 5.43 Å². The lowest BCUT2D eigenvalue weighted by Gasteiger charge is -2.27. The Morgan fingerprint density at radius 2 is 1.97 bits per heavy atom. The van der Waals surface area contributed by atoms with Crippen molar-refractivity contribution in [2.24, 2.45) is 0 Å². The van der Waals surface area contributed by atoms with Gasteiger partial charge in [0, 0.05) is 6.54 Å². The van der Waals surface area contributed by atoms with Gasteiger partial charge in [-0.25, -0.2) is 4.98 Å². The largest absolute Gasteiger partial charge is 0.496 e. The summed E-state index contributed by atoms with van der Waals surface area (Å²) < 4.78 is 12.7. The number of hydrogen-bond donors (Lipinski definition) is 0. The van der Waals surface area contributed by atoms with Crippen LogP contribution in [0.3, 0.4) is 0 Å². The van der Waals surface area contributed by atoms with Crippen molar-refractivity contribution >= 4 is 32.5 Å². The molecule has 0 amide bonds. The highest BCUT2D eigenvalue weighted by atomic mass is 32.1. The Morgan fingerprint density at radius 1 is 1.14 bits per heavy atom. The maximum absolute atomic E-state index is 13.3. The van der Waals surface area contributed by atoms with Gasteiger partial charge in [0.05, 0.1) is 33.8 Å². The van der Waals surface area contributed by atoms with Crippen LogP contribution in [0.25, 0.3) is 31.8 Å². The molecule has 3 heterocycles. The molecule has 0 spiro atoms. The summed E-state index contributed by atoms with van der Waals surface area (Å²) in [6.07, 6.45) is 5.25. The molecule has 2 aromatic carbocycles. The summed E-state index contributed by atoms with van der Waals surface area (Å²) in [7, 11) is 1.66. The molecule has 5 rings (SSSR count). The number of nitrogens with zero attached hydrogens (tertiary/aromatic N) is 2. The van der Waals surface area contributed by atoms with Crippen LogP contribution in [0, 0.1) is 0 Å². The molecule has 0 bridgehead atoms. The number of ether oxygens (including phenoxy) is 1. The smallest absolute Gasteiger partial charge is 0.202 e. The normalized spacial score (nSPS) is 15.2. The van der Waals surface area contributed by atoms with Crippen LogP contribution in [-0.2, 0) is 6.54 Å². The third-order valence-corrected chi connectivity index (χ3v) is 6.65. The summed E-state index contributed by atoms with van der Waals surface area (Å²) in [6, 6.07) is 11.6. The minimum atomic E-state index is -0.0483. The molecule has 29 heavy (non-hydrogen) atoms. The van der Waals surface area contributed by atoms with Gasteiger partial charge in [0.1, 0.15) is 22.6 Å². The predicted octanol–water partition coefficient (Wildman–Crippen LogP) is 5.06. The monoisotopic (exact) mass is 406 g/mol. The number of benzene rings is 2. The molecule has 2 aromatic heterocycles. The Hall–Kier alpha value is -2.70. The van der Waals surface area contributed by atoms with Crippen LogP contribution >= 0.6 is 11.3 Å².